The topological polar surface area (TPSA) is 70.6 Å². The second-order valence-corrected chi connectivity index (χ2v) is 6.42. The van der Waals surface area contributed by atoms with Gasteiger partial charge in [0, 0.05) is 10.7 Å². The Kier molecular flexibility index (Phi) is 7.51. The number of aliphatic hydroxyl groups is 1. The van der Waals surface area contributed by atoms with Crippen molar-refractivity contribution in [2.45, 2.75) is 26.4 Å². The third kappa shape index (κ3) is 5.96. The quantitative estimate of drug-likeness (QED) is 0.364. The standard InChI is InChI=1S/C18H22ClN3O.HI/c1-12-7-13(2)9-16(8-12)22-17(20)21-11-18(3,23)14-5-4-6-15(19)10-14;/h4-10,23H,11H2,1-3H3,(H3,20,21,22);1H. The molecule has 2 aromatic carbocycles. The molecule has 0 heterocycles. The van der Waals surface area contributed by atoms with E-state index in [4.69, 9.17) is 17.3 Å². The summed E-state index contributed by atoms with van der Waals surface area (Å²) in [6, 6.07) is 13.2. The summed E-state index contributed by atoms with van der Waals surface area (Å²) < 4.78 is 0. The fourth-order valence-corrected chi connectivity index (χ4v) is 2.58. The summed E-state index contributed by atoms with van der Waals surface area (Å²) in [6.45, 7) is 5.87. The van der Waals surface area contributed by atoms with Crippen molar-refractivity contribution in [1.82, 2.24) is 0 Å². The number of anilines is 1. The smallest absolute Gasteiger partial charge is 0.193 e. The van der Waals surface area contributed by atoms with Gasteiger partial charge in [0.05, 0.1) is 6.54 Å². The Morgan fingerprint density at radius 3 is 2.42 bits per heavy atom. The van der Waals surface area contributed by atoms with Gasteiger partial charge in [-0.15, -0.1) is 24.0 Å². The van der Waals surface area contributed by atoms with Gasteiger partial charge in [0.15, 0.2) is 5.96 Å². The molecular formula is C18H23ClIN3O. The first-order chi connectivity index (χ1) is 10.8. The molecule has 2 rings (SSSR count). The summed E-state index contributed by atoms with van der Waals surface area (Å²) in [5.74, 6) is 0.261. The van der Waals surface area contributed by atoms with Crippen LogP contribution in [0.25, 0.3) is 0 Å². The van der Waals surface area contributed by atoms with E-state index >= 15 is 0 Å². The lowest BCUT2D eigenvalue weighted by Gasteiger charge is -2.22. The number of benzene rings is 2. The van der Waals surface area contributed by atoms with Gasteiger partial charge in [-0.05, 0) is 61.7 Å². The van der Waals surface area contributed by atoms with Gasteiger partial charge in [-0.3, -0.25) is 0 Å². The molecule has 1 atom stereocenters. The lowest BCUT2D eigenvalue weighted by Crippen LogP contribution is -2.29. The van der Waals surface area contributed by atoms with Gasteiger partial charge in [0.25, 0.3) is 0 Å². The summed E-state index contributed by atoms with van der Waals surface area (Å²) >= 11 is 5.97. The van der Waals surface area contributed by atoms with Crippen LogP contribution in [0.5, 0.6) is 0 Å². The van der Waals surface area contributed by atoms with E-state index in [1.165, 1.54) is 0 Å². The van der Waals surface area contributed by atoms with Crippen molar-refractivity contribution >= 4 is 47.2 Å². The monoisotopic (exact) mass is 459 g/mol. The van der Waals surface area contributed by atoms with Crippen LogP contribution in [0.1, 0.15) is 23.6 Å². The molecule has 6 heteroatoms. The minimum atomic E-state index is -1.14. The molecule has 0 aliphatic heterocycles. The molecule has 130 valence electrons. The predicted octanol–water partition coefficient (Wildman–Crippen LogP) is 4.21. The lowest BCUT2D eigenvalue weighted by atomic mass is 9.96. The van der Waals surface area contributed by atoms with Crippen molar-refractivity contribution in [3.63, 3.8) is 0 Å². The van der Waals surface area contributed by atoms with Gasteiger partial charge in [0.2, 0.25) is 0 Å². The van der Waals surface area contributed by atoms with Crippen LogP contribution in [0.4, 0.5) is 5.69 Å². The number of nitrogens with zero attached hydrogens (tertiary/aromatic N) is 1. The third-order valence-electron chi connectivity index (χ3n) is 3.50. The molecule has 0 aliphatic carbocycles. The third-order valence-corrected chi connectivity index (χ3v) is 3.73. The van der Waals surface area contributed by atoms with E-state index in [0.717, 1.165) is 16.8 Å². The van der Waals surface area contributed by atoms with Crippen LogP contribution < -0.4 is 11.1 Å². The Bertz CT molecular complexity index is 712. The molecule has 0 radical (unpaired) electrons. The van der Waals surface area contributed by atoms with Gasteiger partial charge in [-0.1, -0.05) is 29.8 Å². The Morgan fingerprint density at radius 1 is 1.21 bits per heavy atom. The van der Waals surface area contributed by atoms with Crippen LogP contribution in [-0.4, -0.2) is 17.6 Å². The number of hydrogen-bond acceptors (Lipinski definition) is 2. The number of rotatable bonds is 4. The van der Waals surface area contributed by atoms with Crippen LogP contribution in [0, 0.1) is 13.8 Å². The maximum Gasteiger partial charge on any atom is 0.193 e. The predicted molar refractivity (Wildman–Crippen MR) is 112 cm³/mol. The van der Waals surface area contributed by atoms with Crippen LogP contribution >= 0.6 is 35.6 Å². The molecule has 0 amide bonds. The molecular weight excluding hydrogens is 437 g/mol. The number of aryl methyl sites for hydroxylation is 2. The number of aliphatic imine (C=N–C) groups is 1. The van der Waals surface area contributed by atoms with E-state index < -0.39 is 5.60 Å². The Balaban J connectivity index is 0.00000288. The van der Waals surface area contributed by atoms with Crippen molar-refractivity contribution in [3.05, 3.63) is 64.2 Å². The number of nitrogens with two attached hydrogens (primary N) is 1. The average molecular weight is 460 g/mol. The summed E-state index contributed by atoms with van der Waals surface area (Å²) in [5.41, 5.74) is 8.66. The SMILES string of the molecule is Cc1cc(C)cc(NC(N)=NCC(C)(O)c2cccc(Cl)c2)c1.I. The largest absolute Gasteiger partial charge is 0.384 e. The van der Waals surface area contributed by atoms with Gasteiger partial charge >= 0.3 is 0 Å². The first kappa shape index (κ1) is 20.7. The van der Waals surface area contributed by atoms with Crippen LogP contribution in [0.15, 0.2) is 47.5 Å². The van der Waals surface area contributed by atoms with Crippen molar-refractivity contribution in [3.8, 4) is 0 Å². The van der Waals surface area contributed by atoms with Crippen molar-refractivity contribution in [2.24, 2.45) is 10.7 Å². The van der Waals surface area contributed by atoms with E-state index in [2.05, 4.69) is 16.4 Å². The number of nitrogens with one attached hydrogen (secondary N) is 1. The summed E-state index contributed by atoms with van der Waals surface area (Å²) in [4.78, 5) is 4.25. The zero-order chi connectivity index (χ0) is 17.0. The van der Waals surface area contributed by atoms with Crippen molar-refractivity contribution in [1.29, 1.82) is 0 Å². The van der Waals surface area contributed by atoms with Crippen LogP contribution in [-0.2, 0) is 5.60 Å². The van der Waals surface area contributed by atoms with E-state index in [9.17, 15) is 5.11 Å². The molecule has 0 fully saturated rings. The molecule has 4 N–H and O–H groups in total. The van der Waals surface area contributed by atoms with Crippen molar-refractivity contribution < 1.29 is 5.11 Å². The Morgan fingerprint density at radius 2 is 1.83 bits per heavy atom. The molecule has 2 aromatic rings. The maximum atomic E-state index is 10.6. The average Bonchev–Trinajstić information content (AvgIpc) is 2.44. The Hall–Kier alpha value is -1.31. The molecule has 0 saturated heterocycles. The molecule has 4 nitrogen and oxygen atoms in total. The molecule has 24 heavy (non-hydrogen) atoms. The van der Waals surface area contributed by atoms with Crippen LogP contribution in [0.2, 0.25) is 5.02 Å². The van der Waals surface area contributed by atoms with E-state index in [0.29, 0.717) is 10.6 Å². The minimum Gasteiger partial charge on any atom is -0.384 e. The highest BCUT2D eigenvalue weighted by atomic mass is 127. The normalized spacial score (nSPS) is 13.8. The first-order valence-corrected chi connectivity index (χ1v) is 7.78. The van der Waals surface area contributed by atoms with Gasteiger partial charge in [-0.2, -0.15) is 0 Å². The van der Waals surface area contributed by atoms with Gasteiger partial charge in [-0.25, -0.2) is 4.99 Å². The molecule has 0 bridgehead atoms. The number of guanidine groups is 1. The minimum absolute atomic E-state index is 0. The first-order valence-electron chi connectivity index (χ1n) is 7.40. The number of halogens is 2. The number of hydrogen-bond donors (Lipinski definition) is 3. The molecule has 0 spiro atoms. The zero-order valence-corrected chi connectivity index (χ0v) is 17.1. The summed E-state index contributed by atoms with van der Waals surface area (Å²) in [5, 5.41) is 14.2. The second kappa shape index (κ2) is 8.69. The fraction of sp³-hybridized carbons (Fsp3) is 0.278. The van der Waals surface area contributed by atoms with E-state index in [1.54, 1.807) is 25.1 Å². The molecule has 0 aromatic heterocycles. The highest BCUT2D eigenvalue weighted by molar-refractivity contribution is 14.0. The maximum absolute atomic E-state index is 10.6. The zero-order valence-electron chi connectivity index (χ0n) is 14.0. The second-order valence-electron chi connectivity index (χ2n) is 5.99. The highest BCUT2D eigenvalue weighted by Gasteiger charge is 2.23. The van der Waals surface area contributed by atoms with E-state index in [1.807, 2.05) is 32.0 Å². The lowest BCUT2D eigenvalue weighted by molar-refractivity contribution is 0.0674. The van der Waals surface area contributed by atoms with Gasteiger partial charge in [0.1, 0.15) is 5.60 Å². The Labute approximate surface area is 165 Å². The molecule has 1 unspecified atom stereocenters. The highest BCUT2D eigenvalue weighted by Crippen LogP contribution is 2.23. The van der Waals surface area contributed by atoms with Crippen molar-refractivity contribution in [2.75, 3.05) is 11.9 Å². The summed E-state index contributed by atoms with van der Waals surface area (Å²) in [7, 11) is 0. The van der Waals surface area contributed by atoms with Gasteiger partial charge < -0.3 is 16.2 Å². The van der Waals surface area contributed by atoms with E-state index in [-0.39, 0.29) is 36.5 Å². The van der Waals surface area contributed by atoms with Crippen LogP contribution in [0.3, 0.4) is 0 Å². The fourth-order valence-electron chi connectivity index (χ4n) is 2.39. The molecule has 0 aliphatic rings. The molecule has 0 saturated carbocycles. The summed E-state index contributed by atoms with van der Waals surface area (Å²) in [6.07, 6.45) is 0.